The van der Waals surface area contributed by atoms with E-state index in [0.717, 1.165) is 12.8 Å². The molecule has 132 valence electrons. The van der Waals surface area contributed by atoms with E-state index in [0.29, 0.717) is 49.4 Å². The number of nitrogens with zero attached hydrogens (tertiary/aromatic N) is 2. The number of hydrogen-bond donors (Lipinski definition) is 0. The zero-order chi connectivity index (χ0) is 17.2. The van der Waals surface area contributed by atoms with E-state index in [1.54, 1.807) is 18.3 Å². The summed E-state index contributed by atoms with van der Waals surface area (Å²) >= 11 is 0. The van der Waals surface area contributed by atoms with Gasteiger partial charge in [0.1, 0.15) is 0 Å². The molecular weight excluding hydrogens is 303 g/mol. The van der Waals surface area contributed by atoms with Crippen LogP contribution < -0.4 is 0 Å². The molecular formula is C20H29FN2O. The van der Waals surface area contributed by atoms with Crippen molar-refractivity contribution in [2.24, 2.45) is 11.3 Å². The number of likely N-dealkylation sites (tertiary alicyclic amines) is 1. The van der Waals surface area contributed by atoms with Crippen molar-refractivity contribution in [2.75, 3.05) is 13.1 Å². The van der Waals surface area contributed by atoms with Crippen LogP contribution in [0.15, 0.2) is 24.4 Å². The van der Waals surface area contributed by atoms with Crippen molar-refractivity contribution in [3.8, 4) is 0 Å². The molecule has 0 spiro atoms. The normalized spacial score (nSPS) is 23.9. The first-order valence-corrected chi connectivity index (χ1v) is 9.26. The first-order valence-electron chi connectivity index (χ1n) is 9.26. The van der Waals surface area contributed by atoms with Crippen LogP contribution in [0, 0.1) is 11.3 Å². The van der Waals surface area contributed by atoms with Gasteiger partial charge >= 0.3 is 0 Å². The number of rotatable bonds is 3. The van der Waals surface area contributed by atoms with Gasteiger partial charge in [0.15, 0.2) is 5.67 Å². The summed E-state index contributed by atoms with van der Waals surface area (Å²) in [6.45, 7) is 5.64. The Balaban J connectivity index is 1.51. The molecule has 1 aromatic rings. The molecule has 1 saturated carbocycles. The Bertz CT molecular complexity index is 554. The Morgan fingerprint density at radius 2 is 1.88 bits per heavy atom. The maximum atomic E-state index is 15.1. The molecule has 3 rings (SSSR count). The average Bonchev–Trinajstić information content (AvgIpc) is 2.58. The van der Waals surface area contributed by atoms with Crippen molar-refractivity contribution in [3.05, 3.63) is 30.1 Å². The van der Waals surface area contributed by atoms with Crippen molar-refractivity contribution in [1.82, 2.24) is 9.88 Å². The van der Waals surface area contributed by atoms with Gasteiger partial charge in [-0.1, -0.05) is 19.9 Å². The summed E-state index contributed by atoms with van der Waals surface area (Å²) in [5, 5.41) is 0. The van der Waals surface area contributed by atoms with Crippen LogP contribution in [0.2, 0.25) is 0 Å². The highest BCUT2D eigenvalue weighted by atomic mass is 19.1. The summed E-state index contributed by atoms with van der Waals surface area (Å²) in [5.41, 5.74) is -0.444. The smallest absolute Gasteiger partial charge is 0.222 e. The molecule has 0 bridgehead atoms. The van der Waals surface area contributed by atoms with Gasteiger partial charge in [-0.05, 0) is 49.1 Å². The van der Waals surface area contributed by atoms with Crippen LogP contribution >= 0.6 is 0 Å². The topological polar surface area (TPSA) is 33.2 Å². The predicted octanol–water partition coefficient (Wildman–Crippen LogP) is 4.48. The Morgan fingerprint density at radius 3 is 2.46 bits per heavy atom. The molecule has 1 amide bonds. The lowest BCUT2D eigenvalue weighted by atomic mass is 9.72. The lowest BCUT2D eigenvalue weighted by molar-refractivity contribution is -0.135. The fraction of sp³-hybridized carbons (Fsp3) is 0.700. The summed E-state index contributed by atoms with van der Waals surface area (Å²) in [7, 11) is 0. The second-order valence-corrected chi connectivity index (χ2v) is 8.37. The van der Waals surface area contributed by atoms with E-state index >= 15 is 4.39 Å². The Labute approximate surface area is 144 Å². The number of hydrogen-bond acceptors (Lipinski definition) is 2. The molecule has 1 saturated heterocycles. The number of halogens is 1. The van der Waals surface area contributed by atoms with Gasteiger partial charge in [-0.3, -0.25) is 9.78 Å². The minimum atomic E-state index is -1.38. The van der Waals surface area contributed by atoms with E-state index in [1.165, 1.54) is 12.8 Å². The number of aromatic nitrogens is 1. The van der Waals surface area contributed by atoms with Crippen LogP contribution in [0.3, 0.4) is 0 Å². The van der Waals surface area contributed by atoms with Crippen LogP contribution in [0.25, 0.3) is 0 Å². The monoisotopic (exact) mass is 332 g/mol. The van der Waals surface area contributed by atoms with E-state index < -0.39 is 5.67 Å². The van der Waals surface area contributed by atoms with Crippen LogP contribution in [-0.2, 0) is 10.5 Å². The third-order valence-electron chi connectivity index (χ3n) is 5.95. The molecule has 0 aromatic carbocycles. The minimum Gasteiger partial charge on any atom is -0.342 e. The van der Waals surface area contributed by atoms with Crippen molar-refractivity contribution < 1.29 is 9.18 Å². The fourth-order valence-electron chi connectivity index (χ4n) is 4.03. The first-order chi connectivity index (χ1) is 11.4. The van der Waals surface area contributed by atoms with Crippen molar-refractivity contribution in [3.63, 3.8) is 0 Å². The van der Waals surface area contributed by atoms with Crippen LogP contribution in [0.4, 0.5) is 4.39 Å². The lowest BCUT2D eigenvalue weighted by Crippen LogP contribution is -2.44. The van der Waals surface area contributed by atoms with E-state index in [2.05, 4.69) is 18.8 Å². The molecule has 0 N–H and O–H groups in total. The highest BCUT2D eigenvalue weighted by Gasteiger charge is 2.39. The van der Waals surface area contributed by atoms with Crippen molar-refractivity contribution in [1.29, 1.82) is 0 Å². The standard InChI is InChI=1S/C20H29FN2O/c1-19(2)8-6-16(7-9-19)15-18(24)23-13-10-20(21,11-14-23)17-5-3-4-12-22-17/h3-5,12,16H,6-11,13-15H2,1-2H3. The lowest BCUT2D eigenvalue weighted by Gasteiger charge is -2.38. The van der Waals surface area contributed by atoms with Gasteiger partial charge < -0.3 is 4.90 Å². The zero-order valence-corrected chi connectivity index (χ0v) is 14.9. The minimum absolute atomic E-state index is 0.211. The molecule has 2 aliphatic rings. The highest BCUT2D eigenvalue weighted by Crippen LogP contribution is 2.40. The van der Waals surface area contributed by atoms with Gasteiger partial charge in [-0.2, -0.15) is 0 Å². The molecule has 3 nitrogen and oxygen atoms in total. The van der Waals surface area contributed by atoms with Gasteiger partial charge in [0.2, 0.25) is 5.91 Å². The van der Waals surface area contributed by atoms with E-state index in [4.69, 9.17) is 0 Å². The van der Waals surface area contributed by atoms with Crippen LogP contribution in [0.1, 0.15) is 64.5 Å². The SMILES string of the molecule is CC1(C)CCC(CC(=O)N2CCC(F)(c3ccccn3)CC2)CC1. The van der Waals surface area contributed by atoms with Crippen LogP contribution in [0.5, 0.6) is 0 Å². The molecule has 1 aromatic heterocycles. The number of carbonyl (C=O) groups is 1. The number of pyridine rings is 1. The van der Waals surface area contributed by atoms with E-state index in [-0.39, 0.29) is 5.91 Å². The third-order valence-corrected chi connectivity index (χ3v) is 5.95. The van der Waals surface area contributed by atoms with Gasteiger partial charge in [-0.25, -0.2) is 4.39 Å². The maximum absolute atomic E-state index is 15.1. The van der Waals surface area contributed by atoms with Gasteiger partial charge in [0.05, 0.1) is 5.69 Å². The molecule has 1 aliphatic heterocycles. The van der Waals surface area contributed by atoms with E-state index in [9.17, 15) is 4.79 Å². The Hall–Kier alpha value is -1.45. The first kappa shape index (κ1) is 17.4. The average molecular weight is 332 g/mol. The van der Waals surface area contributed by atoms with Gasteiger partial charge in [-0.15, -0.1) is 0 Å². The molecule has 1 aliphatic carbocycles. The highest BCUT2D eigenvalue weighted by molar-refractivity contribution is 5.76. The molecule has 0 unspecified atom stereocenters. The zero-order valence-electron chi connectivity index (χ0n) is 14.9. The third kappa shape index (κ3) is 3.96. The van der Waals surface area contributed by atoms with E-state index in [1.807, 2.05) is 11.0 Å². The predicted molar refractivity (Wildman–Crippen MR) is 93.2 cm³/mol. The summed E-state index contributed by atoms with van der Waals surface area (Å²) in [6, 6.07) is 5.38. The van der Waals surface area contributed by atoms with Crippen molar-refractivity contribution in [2.45, 2.75) is 64.5 Å². The molecule has 4 heteroatoms. The van der Waals surface area contributed by atoms with Crippen LogP contribution in [-0.4, -0.2) is 28.9 Å². The quantitative estimate of drug-likeness (QED) is 0.818. The van der Waals surface area contributed by atoms with Crippen molar-refractivity contribution >= 4 is 5.91 Å². The van der Waals surface area contributed by atoms with Gasteiger partial charge in [0, 0.05) is 38.5 Å². The molecule has 0 atom stereocenters. The summed E-state index contributed by atoms with van der Waals surface area (Å²) in [5.74, 6) is 0.723. The summed E-state index contributed by atoms with van der Waals surface area (Å²) < 4.78 is 15.1. The number of alkyl halides is 1. The number of carbonyl (C=O) groups excluding carboxylic acids is 1. The largest absolute Gasteiger partial charge is 0.342 e. The van der Waals surface area contributed by atoms with Gasteiger partial charge in [0.25, 0.3) is 0 Å². The number of piperidine rings is 1. The molecule has 24 heavy (non-hydrogen) atoms. The molecule has 0 radical (unpaired) electrons. The Morgan fingerprint density at radius 1 is 1.21 bits per heavy atom. The maximum Gasteiger partial charge on any atom is 0.222 e. The second kappa shape index (κ2) is 6.81. The fourth-order valence-corrected chi connectivity index (χ4v) is 4.03. The second-order valence-electron chi connectivity index (χ2n) is 8.37. The molecule has 2 fully saturated rings. The number of amides is 1. The summed E-state index contributed by atoms with van der Waals surface area (Å²) in [6.07, 6.45) is 7.69. The molecule has 2 heterocycles. The Kier molecular flexibility index (Phi) is 4.93. The summed E-state index contributed by atoms with van der Waals surface area (Å²) in [4.78, 5) is 18.6.